The van der Waals surface area contributed by atoms with Crippen LogP contribution in [0.2, 0.25) is 0 Å². The van der Waals surface area contributed by atoms with Gasteiger partial charge in [-0.05, 0) is 18.9 Å². The van der Waals surface area contributed by atoms with Gasteiger partial charge >= 0.3 is 5.97 Å². The Balaban J connectivity index is 1.57. The summed E-state index contributed by atoms with van der Waals surface area (Å²) in [7, 11) is 0. The van der Waals surface area contributed by atoms with Crippen LogP contribution in [0.25, 0.3) is 10.9 Å². The van der Waals surface area contributed by atoms with E-state index in [1.54, 1.807) is 0 Å². The second kappa shape index (κ2) is 6.41. The maximum Gasteiger partial charge on any atom is 0.305 e. The van der Waals surface area contributed by atoms with Gasteiger partial charge in [0.05, 0.1) is 23.4 Å². The molecule has 154 valence electrons. The number of carboxylic acids is 1. The highest BCUT2D eigenvalue weighted by Crippen LogP contribution is 2.55. The molecular weight excluding hydrogens is 366 g/mol. The lowest BCUT2D eigenvalue weighted by Crippen LogP contribution is -2.76. The molecule has 6 rings (SSSR count). The number of aryl methyl sites for hydroxylation is 1. The molecule has 0 atom stereocenters. The molecule has 1 aromatic carbocycles. The van der Waals surface area contributed by atoms with Crippen molar-refractivity contribution in [2.75, 3.05) is 26.2 Å². The Bertz CT molecular complexity index is 952. The van der Waals surface area contributed by atoms with Crippen LogP contribution in [0.5, 0.6) is 0 Å². The van der Waals surface area contributed by atoms with Gasteiger partial charge in [-0.3, -0.25) is 19.4 Å². The van der Waals surface area contributed by atoms with Gasteiger partial charge in [-0.25, -0.2) is 0 Å². The van der Waals surface area contributed by atoms with Crippen molar-refractivity contribution in [3.8, 4) is 0 Å². The molecule has 4 aliphatic rings. The normalized spacial score (nSPS) is 35.5. The smallest absolute Gasteiger partial charge is 0.305 e. The van der Waals surface area contributed by atoms with Gasteiger partial charge in [-0.2, -0.15) is 0 Å². The van der Waals surface area contributed by atoms with Gasteiger partial charge in [0.25, 0.3) is 0 Å². The average Bonchev–Trinajstić information content (AvgIpc) is 3.08. The first-order chi connectivity index (χ1) is 13.9. The minimum absolute atomic E-state index is 0.114. The number of rotatable bonds is 6. The van der Waals surface area contributed by atoms with Crippen molar-refractivity contribution in [2.24, 2.45) is 10.8 Å². The van der Waals surface area contributed by atoms with Crippen molar-refractivity contribution >= 4 is 22.7 Å². The number of para-hydroxylation sites is 1. The Kier molecular flexibility index (Phi) is 4.16. The Morgan fingerprint density at radius 2 is 1.66 bits per heavy atom. The van der Waals surface area contributed by atoms with Gasteiger partial charge in [-0.15, -0.1) is 0 Å². The van der Waals surface area contributed by atoms with Crippen LogP contribution in [0.15, 0.2) is 30.5 Å². The number of nitrogens with zero attached hydrogens (tertiary/aromatic N) is 3. The lowest BCUT2D eigenvalue weighted by molar-refractivity contribution is -0.204. The first-order valence-electron chi connectivity index (χ1n) is 10.8. The van der Waals surface area contributed by atoms with Crippen LogP contribution in [0.4, 0.5) is 0 Å². The van der Waals surface area contributed by atoms with E-state index < -0.39 is 5.97 Å². The number of ketones is 1. The van der Waals surface area contributed by atoms with Crippen LogP contribution >= 0.6 is 0 Å². The molecule has 0 amide bonds. The summed E-state index contributed by atoms with van der Waals surface area (Å²) in [6.45, 7) is 8.12. The number of hydrogen-bond acceptors (Lipinski definition) is 4. The summed E-state index contributed by atoms with van der Waals surface area (Å²) in [6, 6.07) is 8.29. The molecule has 0 radical (unpaired) electrons. The largest absolute Gasteiger partial charge is 0.481 e. The molecule has 4 fully saturated rings. The zero-order chi connectivity index (χ0) is 20.4. The summed E-state index contributed by atoms with van der Waals surface area (Å²) < 4.78 is 2.09. The average molecular weight is 396 g/mol. The van der Waals surface area contributed by atoms with E-state index >= 15 is 0 Å². The van der Waals surface area contributed by atoms with Crippen LogP contribution in [-0.2, 0) is 16.1 Å². The molecule has 6 heteroatoms. The van der Waals surface area contributed by atoms with E-state index in [1.807, 2.05) is 6.07 Å². The van der Waals surface area contributed by atoms with Gasteiger partial charge in [0.2, 0.25) is 0 Å². The van der Waals surface area contributed by atoms with Crippen molar-refractivity contribution in [1.82, 2.24) is 14.4 Å². The summed E-state index contributed by atoms with van der Waals surface area (Å²) in [4.78, 5) is 29.5. The maximum absolute atomic E-state index is 13.4. The Morgan fingerprint density at radius 1 is 1.07 bits per heavy atom. The van der Waals surface area contributed by atoms with E-state index in [-0.39, 0.29) is 23.4 Å². The van der Waals surface area contributed by atoms with E-state index in [2.05, 4.69) is 52.6 Å². The summed E-state index contributed by atoms with van der Waals surface area (Å²) >= 11 is 0. The second-order valence-electron chi connectivity index (χ2n) is 9.22. The number of piperidine rings is 2. The van der Waals surface area contributed by atoms with Gasteiger partial charge in [0.1, 0.15) is 5.78 Å². The molecule has 0 unspecified atom stereocenters. The number of carbonyl (C=O) groups is 2. The highest BCUT2D eigenvalue weighted by atomic mass is 16.4. The minimum Gasteiger partial charge on any atom is -0.481 e. The van der Waals surface area contributed by atoms with E-state index in [0.717, 1.165) is 44.5 Å². The fourth-order valence-electron chi connectivity index (χ4n) is 6.24. The van der Waals surface area contributed by atoms with Crippen LogP contribution in [0, 0.1) is 10.8 Å². The van der Waals surface area contributed by atoms with Crippen molar-refractivity contribution in [3.63, 3.8) is 0 Å². The van der Waals surface area contributed by atoms with Gasteiger partial charge in [0.15, 0.2) is 0 Å². The number of aromatic nitrogens is 1. The van der Waals surface area contributed by atoms with Crippen molar-refractivity contribution in [2.45, 2.75) is 45.8 Å². The number of aliphatic carboxylic acids is 1. The SMILES string of the molecule is CCC12CN3CC(CC)(CN(C1)C3c1cn(CCC(=O)O)c3ccccc13)C2=O. The number of Topliss-reactive ketones (excluding diaryl/α,β-unsaturated/α-hetero) is 1. The minimum atomic E-state index is -0.778. The molecule has 0 spiro atoms. The molecule has 2 aromatic rings. The number of carboxylic acid groups (broad SMARTS) is 1. The van der Waals surface area contributed by atoms with Crippen molar-refractivity contribution in [3.05, 3.63) is 36.0 Å². The molecular formula is C23H29N3O3. The van der Waals surface area contributed by atoms with Crippen molar-refractivity contribution < 1.29 is 14.7 Å². The lowest BCUT2D eigenvalue weighted by Gasteiger charge is -2.66. The summed E-state index contributed by atoms with van der Waals surface area (Å²) in [5.74, 6) is -0.287. The van der Waals surface area contributed by atoms with Gasteiger partial charge < -0.3 is 9.67 Å². The highest BCUT2D eigenvalue weighted by molar-refractivity contribution is 5.93. The predicted octanol–water partition coefficient (Wildman–Crippen LogP) is 3.12. The third-order valence-corrected chi connectivity index (χ3v) is 7.70. The third-order valence-electron chi connectivity index (χ3n) is 7.70. The first-order valence-corrected chi connectivity index (χ1v) is 10.8. The topological polar surface area (TPSA) is 65.8 Å². The molecule has 29 heavy (non-hydrogen) atoms. The fourth-order valence-corrected chi connectivity index (χ4v) is 6.24. The predicted molar refractivity (Wildman–Crippen MR) is 111 cm³/mol. The molecule has 4 saturated heterocycles. The zero-order valence-corrected chi connectivity index (χ0v) is 17.2. The molecule has 0 saturated carbocycles. The first kappa shape index (κ1) is 18.8. The van der Waals surface area contributed by atoms with Crippen LogP contribution in [0.3, 0.4) is 0 Å². The lowest BCUT2D eigenvalue weighted by atomic mass is 9.58. The number of benzene rings is 1. The standard InChI is InChI=1S/C23H29N3O3/c1-3-22-12-25-14-23(4-2,21(22)29)15-26(13-22)20(25)17-11-24(10-9-19(27)28)18-8-6-5-7-16(17)18/h5-8,11,20H,3-4,9-10,12-15H2,1-2H3,(H,27,28). The second-order valence-corrected chi connectivity index (χ2v) is 9.22. The van der Waals surface area contributed by atoms with Crippen LogP contribution in [0.1, 0.15) is 44.8 Å². The van der Waals surface area contributed by atoms with E-state index in [0.29, 0.717) is 12.3 Å². The highest BCUT2D eigenvalue weighted by Gasteiger charge is 2.64. The Hall–Kier alpha value is -2.18. The molecule has 0 aliphatic carbocycles. The number of fused-ring (bicyclic) bond motifs is 1. The third kappa shape index (κ3) is 2.55. The monoisotopic (exact) mass is 395 g/mol. The van der Waals surface area contributed by atoms with Crippen LogP contribution < -0.4 is 0 Å². The van der Waals surface area contributed by atoms with Crippen LogP contribution in [-0.4, -0.2) is 57.4 Å². The maximum atomic E-state index is 13.4. The van der Waals surface area contributed by atoms with Crippen molar-refractivity contribution in [1.29, 1.82) is 0 Å². The van der Waals surface area contributed by atoms with Gasteiger partial charge in [0, 0.05) is 55.4 Å². The molecule has 5 heterocycles. The molecule has 1 aromatic heterocycles. The Labute approximate surface area is 171 Å². The van der Waals surface area contributed by atoms with E-state index in [9.17, 15) is 9.59 Å². The van der Waals surface area contributed by atoms with E-state index in [1.165, 1.54) is 10.9 Å². The quantitative estimate of drug-likeness (QED) is 0.814. The van der Waals surface area contributed by atoms with Gasteiger partial charge in [-0.1, -0.05) is 32.0 Å². The summed E-state index contributed by atoms with van der Waals surface area (Å²) in [6.07, 6.45) is 4.22. The summed E-state index contributed by atoms with van der Waals surface area (Å²) in [5.41, 5.74) is 1.87. The molecule has 4 bridgehead atoms. The summed E-state index contributed by atoms with van der Waals surface area (Å²) in [5, 5.41) is 10.3. The number of hydrogen-bond donors (Lipinski definition) is 1. The van der Waals surface area contributed by atoms with E-state index in [4.69, 9.17) is 5.11 Å². The molecule has 6 nitrogen and oxygen atoms in total. The number of carbonyl (C=O) groups excluding carboxylic acids is 1. The zero-order valence-electron chi connectivity index (χ0n) is 17.2. The molecule has 4 aliphatic heterocycles. The fraction of sp³-hybridized carbons (Fsp3) is 0.565. The Morgan fingerprint density at radius 3 is 2.21 bits per heavy atom. The molecule has 1 N–H and O–H groups in total.